The van der Waals surface area contributed by atoms with E-state index in [1.807, 2.05) is 42.5 Å². The van der Waals surface area contributed by atoms with Gasteiger partial charge >= 0.3 is 0 Å². The Bertz CT molecular complexity index is 1340. The van der Waals surface area contributed by atoms with E-state index in [1.54, 1.807) is 45.4 Å². The lowest BCUT2D eigenvalue weighted by atomic mass is 9.79. The highest BCUT2D eigenvalue weighted by molar-refractivity contribution is 6.02. The van der Waals surface area contributed by atoms with Gasteiger partial charge in [-0.3, -0.25) is 9.59 Å². The summed E-state index contributed by atoms with van der Waals surface area (Å²) in [6.07, 6.45) is 0.583. The average molecular weight is 535 g/mol. The van der Waals surface area contributed by atoms with E-state index in [4.69, 9.17) is 23.7 Å². The molecule has 2 amide bonds. The van der Waals surface area contributed by atoms with E-state index in [9.17, 15) is 9.59 Å². The van der Waals surface area contributed by atoms with Crippen molar-refractivity contribution in [3.05, 3.63) is 76.9 Å². The minimum atomic E-state index is -0.693. The van der Waals surface area contributed by atoms with Crippen molar-refractivity contribution in [2.24, 2.45) is 0 Å². The molecule has 0 aromatic heterocycles. The summed E-state index contributed by atoms with van der Waals surface area (Å²) in [5.41, 5.74) is 2.79. The molecule has 0 saturated carbocycles. The van der Waals surface area contributed by atoms with E-state index >= 15 is 0 Å². The summed E-state index contributed by atoms with van der Waals surface area (Å²) in [7, 11) is 9.52. The van der Waals surface area contributed by atoms with Crippen LogP contribution in [0, 0.1) is 0 Å². The number of likely N-dealkylation sites (N-methyl/N-ethyl adjacent to an activating group) is 1. The molecule has 0 radical (unpaired) electrons. The van der Waals surface area contributed by atoms with Crippen LogP contribution in [0.15, 0.2) is 54.6 Å². The van der Waals surface area contributed by atoms with E-state index < -0.39 is 12.0 Å². The van der Waals surface area contributed by atoms with Gasteiger partial charge in [0.15, 0.2) is 23.0 Å². The summed E-state index contributed by atoms with van der Waals surface area (Å²) in [4.78, 5) is 29.0. The number of ether oxygens (including phenoxy) is 5. The van der Waals surface area contributed by atoms with Crippen LogP contribution >= 0.6 is 0 Å². The smallest absolute Gasteiger partial charge is 0.254 e. The predicted molar refractivity (Wildman–Crippen MR) is 146 cm³/mol. The van der Waals surface area contributed by atoms with Gasteiger partial charge in [-0.2, -0.15) is 0 Å². The molecule has 39 heavy (non-hydrogen) atoms. The molecule has 0 bridgehead atoms. The Kier molecular flexibility index (Phi) is 8.49. The number of rotatable bonds is 10. The lowest BCUT2D eigenvalue weighted by Crippen LogP contribution is -2.46. The lowest BCUT2D eigenvalue weighted by molar-refractivity contribution is -0.124. The van der Waals surface area contributed by atoms with Gasteiger partial charge in [0.25, 0.3) is 5.91 Å². The maximum Gasteiger partial charge on any atom is 0.254 e. The van der Waals surface area contributed by atoms with Gasteiger partial charge in [-0.1, -0.05) is 18.2 Å². The third-order valence-electron chi connectivity index (χ3n) is 7.08. The van der Waals surface area contributed by atoms with Crippen molar-refractivity contribution in [1.29, 1.82) is 0 Å². The number of carbonyl (C=O) groups is 2. The van der Waals surface area contributed by atoms with Crippen molar-refractivity contribution < 1.29 is 33.3 Å². The average Bonchev–Trinajstić information content (AvgIpc) is 2.97. The maximum atomic E-state index is 13.9. The number of amides is 2. The van der Waals surface area contributed by atoms with E-state index in [0.717, 1.165) is 11.1 Å². The molecule has 2 atom stereocenters. The number of nitrogens with zero attached hydrogens (tertiary/aromatic N) is 1. The fraction of sp³-hybridized carbons (Fsp3) is 0.333. The molecule has 1 aliphatic rings. The van der Waals surface area contributed by atoms with Gasteiger partial charge in [-0.15, -0.1) is 0 Å². The third-order valence-corrected chi connectivity index (χ3v) is 7.08. The molecule has 0 aliphatic carbocycles. The quantitative estimate of drug-likeness (QED) is 0.420. The Labute approximate surface area is 228 Å². The van der Waals surface area contributed by atoms with Crippen LogP contribution < -0.4 is 29.0 Å². The van der Waals surface area contributed by atoms with Crippen molar-refractivity contribution in [3.8, 4) is 28.7 Å². The van der Waals surface area contributed by atoms with Crippen molar-refractivity contribution in [2.75, 3.05) is 49.1 Å². The Balaban J connectivity index is 1.68. The van der Waals surface area contributed by atoms with Crippen molar-refractivity contribution in [1.82, 2.24) is 10.2 Å². The first-order valence-corrected chi connectivity index (χ1v) is 12.5. The second kappa shape index (κ2) is 12.0. The minimum absolute atomic E-state index is 0.205. The van der Waals surface area contributed by atoms with Gasteiger partial charge in [0, 0.05) is 19.2 Å². The van der Waals surface area contributed by atoms with Crippen LogP contribution in [-0.4, -0.2) is 65.9 Å². The number of carbonyl (C=O) groups excluding carboxylic acids is 2. The van der Waals surface area contributed by atoms with Crippen molar-refractivity contribution >= 4 is 11.8 Å². The van der Waals surface area contributed by atoms with E-state index in [2.05, 4.69) is 5.32 Å². The number of fused-ring (bicyclic) bond motifs is 1. The summed E-state index contributed by atoms with van der Waals surface area (Å²) in [5, 5.41) is 3.09. The molecular weight excluding hydrogens is 500 g/mol. The van der Waals surface area contributed by atoms with Gasteiger partial charge in [0.2, 0.25) is 5.91 Å². The Morgan fingerprint density at radius 2 is 1.41 bits per heavy atom. The molecule has 4 rings (SSSR count). The molecule has 9 heteroatoms. The Morgan fingerprint density at radius 1 is 0.795 bits per heavy atom. The number of hydrogen-bond acceptors (Lipinski definition) is 7. The number of methoxy groups -OCH3 is 5. The molecule has 3 aromatic rings. The fourth-order valence-electron chi connectivity index (χ4n) is 5.03. The molecule has 0 spiro atoms. The molecule has 1 heterocycles. The van der Waals surface area contributed by atoms with Crippen LogP contribution in [0.4, 0.5) is 0 Å². The largest absolute Gasteiger partial charge is 0.497 e. The van der Waals surface area contributed by atoms with E-state index in [1.165, 1.54) is 14.2 Å². The van der Waals surface area contributed by atoms with Crippen LogP contribution in [0.1, 0.15) is 39.0 Å². The zero-order valence-corrected chi connectivity index (χ0v) is 23.1. The second-order valence-corrected chi connectivity index (χ2v) is 9.14. The minimum Gasteiger partial charge on any atom is -0.497 e. The van der Waals surface area contributed by atoms with Crippen LogP contribution in [0.3, 0.4) is 0 Å². The molecular formula is C30H34N2O7. The normalized spacial score (nSPS) is 16.3. The van der Waals surface area contributed by atoms with Gasteiger partial charge in [-0.25, -0.2) is 0 Å². The summed E-state index contributed by atoms with van der Waals surface area (Å²) in [5.74, 6) is 1.73. The molecule has 1 aliphatic heterocycles. The monoisotopic (exact) mass is 534 g/mol. The summed E-state index contributed by atoms with van der Waals surface area (Å²) < 4.78 is 27.0. The van der Waals surface area contributed by atoms with E-state index in [-0.39, 0.29) is 11.8 Å². The first-order valence-electron chi connectivity index (χ1n) is 12.5. The highest BCUT2D eigenvalue weighted by Gasteiger charge is 2.43. The highest BCUT2D eigenvalue weighted by Crippen LogP contribution is 2.45. The highest BCUT2D eigenvalue weighted by atomic mass is 16.5. The molecule has 9 nitrogen and oxygen atoms in total. The Hall–Kier alpha value is -4.40. The number of benzene rings is 3. The lowest BCUT2D eigenvalue weighted by Gasteiger charge is -2.40. The van der Waals surface area contributed by atoms with Gasteiger partial charge < -0.3 is 33.9 Å². The van der Waals surface area contributed by atoms with Crippen LogP contribution in [0.5, 0.6) is 28.7 Å². The number of hydrogen-bond donors (Lipinski definition) is 1. The first kappa shape index (κ1) is 27.6. The zero-order valence-electron chi connectivity index (χ0n) is 23.1. The fourth-order valence-corrected chi connectivity index (χ4v) is 5.03. The summed E-state index contributed by atoms with van der Waals surface area (Å²) in [6.45, 7) is 0.389. The predicted octanol–water partition coefficient (Wildman–Crippen LogP) is 4.00. The van der Waals surface area contributed by atoms with E-state index in [0.29, 0.717) is 52.8 Å². The molecule has 1 N–H and O–H groups in total. The third kappa shape index (κ3) is 5.43. The first-order chi connectivity index (χ1) is 18.9. The van der Waals surface area contributed by atoms with Crippen molar-refractivity contribution in [2.45, 2.75) is 18.4 Å². The topological polar surface area (TPSA) is 95.6 Å². The molecule has 206 valence electrons. The van der Waals surface area contributed by atoms with Crippen molar-refractivity contribution in [3.63, 3.8) is 0 Å². The van der Waals surface area contributed by atoms with Gasteiger partial charge in [0.05, 0.1) is 47.5 Å². The van der Waals surface area contributed by atoms with Crippen LogP contribution in [0.2, 0.25) is 0 Å². The van der Waals surface area contributed by atoms with Crippen LogP contribution in [0.25, 0.3) is 0 Å². The van der Waals surface area contributed by atoms with Crippen LogP contribution in [-0.2, 0) is 11.2 Å². The Morgan fingerprint density at radius 3 is 2.03 bits per heavy atom. The summed E-state index contributed by atoms with van der Waals surface area (Å²) in [6, 6.07) is 15.9. The molecule has 2 unspecified atom stereocenters. The molecule has 0 saturated heterocycles. The standard InChI is InChI=1S/C30H34N2O7/c1-32-28(19-8-10-20(35-2)11-9-19)27(21-16-25(38-5)26(39-6)17-22(21)30(32)34)29(33)31-14-13-18-7-12-23(36-3)24(15-18)37-4/h7-12,15-17,27-28H,13-14H2,1-6H3,(H,31,33). The number of nitrogens with one attached hydrogen (secondary N) is 1. The maximum absolute atomic E-state index is 13.9. The summed E-state index contributed by atoms with van der Waals surface area (Å²) >= 11 is 0. The molecule has 0 fully saturated rings. The second-order valence-electron chi connectivity index (χ2n) is 9.14. The van der Waals surface area contributed by atoms with Gasteiger partial charge in [-0.05, 0) is 59.5 Å². The zero-order chi connectivity index (χ0) is 28.1. The van der Waals surface area contributed by atoms with Gasteiger partial charge in [0.1, 0.15) is 5.75 Å². The molecule has 3 aromatic carbocycles. The SMILES string of the molecule is COc1ccc(C2C(C(=O)NCCc3ccc(OC)c(OC)c3)c3cc(OC)c(OC)cc3C(=O)N2C)cc1.